The van der Waals surface area contributed by atoms with Crippen LogP contribution < -0.4 is 10.6 Å². The first-order chi connectivity index (χ1) is 9.00. The summed E-state index contributed by atoms with van der Waals surface area (Å²) in [5.74, 6) is 0.00815. The third kappa shape index (κ3) is 3.01. The maximum absolute atomic E-state index is 10.1. The van der Waals surface area contributed by atoms with E-state index >= 15 is 0 Å². The number of hydrogen-bond acceptors (Lipinski definition) is 3. The van der Waals surface area contributed by atoms with Gasteiger partial charge in [-0.1, -0.05) is 24.4 Å². The number of likely N-dealkylation sites (N-methyl/N-ethyl adjacent to an activating group) is 1. The van der Waals surface area contributed by atoms with E-state index in [0.717, 1.165) is 31.4 Å². The lowest BCUT2D eigenvalue weighted by atomic mass is 9.91. The first-order valence-electron chi connectivity index (χ1n) is 6.55. The van der Waals surface area contributed by atoms with Crippen LogP contribution in [-0.2, 0) is 0 Å². The van der Waals surface area contributed by atoms with Crippen molar-refractivity contribution in [3.8, 4) is 0 Å². The summed E-state index contributed by atoms with van der Waals surface area (Å²) >= 11 is 6.26. The summed E-state index contributed by atoms with van der Waals surface area (Å²) in [4.78, 5) is 2.04. The fraction of sp³-hybridized carbons (Fsp3) is 0.500. The predicted molar refractivity (Wildman–Crippen MR) is 79.1 cm³/mol. The van der Waals surface area contributed by atoms with Crippen LogP contribution in [0.3, 0.4) is 0 Å². The molecule has 0 amide bonds. The molecule has 1 fully saturated rings. The van der Waals surface area contributed by atoms with E-state index in [1.807, 2.05) is 18.0 Å². The Kier molecular flexibility index (Phi) is 4.32. The number of hydrogen-bond donors (Lipinski definition) is 3. The zero-order valence-electron chi connectivity index (χ0n) is 11.1. The molecule has 0 saturated heterocycles. The summed E-state index contributed by atoms with van der Waals surface area (Å²) in [6.45, 7) is 0. The van der Waals surface area contributed by atoms with E-state index in [4.69, 9.17) is 22.7 Å². The number of aliphatic hydroxyl groups is 1. The van der Waals surface area contributed by atoms with Crippen molar-refractivity contribution >= 4 is 23.1 Å². The molecule has 0 spiro atoms. The molecule has 4 N–H and O–H groups in total. The van der Waals surface area contributed by atoms with Gasteiger partial charge >= 0.3 is 0 Å². The van der Waals surface area contributed by atoms with Crippen molar-refractivity contribution in [1.82, 2.24) is 0 Å². The van der Waals surface area contributed by atoms with E-state index in [1.54, 1.807) is 12.1 Å². The van der Waals surface area contributed by atoms with Gasteiger partial charge < -0.3 is 15.7 Å². The van der Waals surface area contributed by atoms with Gasteiger partial charge in [0, 0.05) is 12.6 Å². The van der Waals surface area contributed by atoms with Crippen molar-refractivity contribution in [1.29, 1.82) is 5.41 Å². The molecular formula is C14H20ClN3O. The quantitative estimate of drug-likeness (QED) is 0.588. The number of anilines is 1. The lowest BCUT2D eigenvalue weighted by Crippen LogP contribution is -2.43. The highest BCUT2D eigenvalue weighted by molar-refractivity contribution is 6.33. The van der Waals surface area contributed by atoms with E-state index in [9.17, 15) is 5.11 Å². The third-order valence-corrected chi connectivity index (χ3v) is 4.13. The molecule has 2 rings (SSSR count). The molecule has 2 atom stereocenters. The van der Waals surface area contributed by atoms with E-state index < -0.39 is 0 Å². The van der Waals surface area contributed by atoms with Crippen LogP contribution in [0.25, 0.3) is 0 Å². The van der Waals surface area contributed by atoms with Gasteiger partial charge in [-0.15, -0.1) is 0 Å². The van der Waals surface area contributed by atoms with E-state index in [0.29, 0.717) is 10.6 Å². The average molecular weight is 282 g/mol. The van der Waals surface area contributed by atoms with Crippen LogP contribution in [0.5, 0.6) is 0 Å². The van der Waals surface area contributed by atoms with Gasteiger partial charge in [-0.3, -0.25) is 5.41 Å². The number of nitrogen functional groups attached to an aromatic ring is 1. The van der Waals surface area contributed by atoms with Crippen LogP contribution >= 0.6 is 11.6 Å². The Labute approximate surface area is 118 Å². The van der Waals surface area contributed by atoms with E-state index in [1.165, 1.54) is 0 Å². The molecule has 1 saturated carbocycles. The minimum absolute atomic E-state index is 0.00815. The van der Waals surface area contributed by atoms with Crippen molar-refractivity contribution in [3.63, 3.8) is 0 Å². The van der Waals surface area contributed by atoms with Crippen molar-refractivity contribution < 1.29 is 5.11 Å². The van der Waals surface area contributed by atoms with Crippen LogP contribution in [0.2, 0.25) is 5.02 Å². The zero-order chi connectivity index (χ0) is 14.0. The van der Waals surface area contributed by atoms with Gasteiger partial charge in [-0.05, 0) is 31.0 Å². The number of nitrogens with one attached hydrogen (secondary N) is 1. The van der Waals surface area contributed by atoms with Gasteiger partial charge in [0.25, 0.3) is 0 Å². The second-order valence-corrected chi connectivity index (χ2v) is 5.52. The molecule has 2 unspecified atom stereocenters. The zero-order valence-corrected chi connectivity index (χ0v) is 11.8. The number of aliphatic hydroxyl groups excluding tert-OH is 1. The Balaban J connectivity index is 2.23. The molecule has 1 aromatic rings. The first kappa shape index (κ1) is 14.2. The van der Waals surface area contributed by atoms with Gasteiger partial charge in [0.15, 0.2) is 0 Å². The number of rotatable bonds is 3. The smallest absolute Gasteiger partial charge is 0.122 e. The molecule has 0 bridgehead atoms. The van der Waals surface area contributed by atoms with E-state index in [-0.39, 0.29) is 18.0 Å². The van der Waals surface area contributed by atoms with Crippen LogP contribution in [0, 0.1) is 5.41 Å². The highest BCUT2D eigenvalue weighted by Gasteiger charge is 2.27. The minimum Gasteiger partial charge on any atom is -0.391 e. The Hall–Kier alpha value is -1.26. The van der Waals surface area contributed by atoms with Crippen molar-refractivity contribution in [3.05, 3.63) is 28.8 Å². The normalized spacial score (nSPS) is 23.1. The molecule has 0 radical (unpaired) electrons. The molecule has 4 nitrogen and oxygen atoms in total. The van der Waals surface area contributed by atoms with E-state index in [2.05, 4.69) is 0 Å². The minimum atomic E-state index is -0.303. The fourth-order valence-corrected chi connectivity index (χ4v) is 3.00. The lowest BCUT2D eigenvalue weighted by Gasteiger charge is -2.37. The Bertz CT molecular complexity index is 478. The number of halogens is 1. The molecule has 0 heterocycles. The third-order valence-electron chi connectivity index (χ3n) is 3.83. The molecule has 1 aromatic carbocycles. The molecule has 1 aliphatic rings. The highest BCUT2D eigenvalue weighted by atomic mass is 35.5. The molecule has 0 aliphatic heterocycles. The number of nitrogens with two attached hydrogens (primary N) is 1. The Morgan fingerprint density at radius 3 is 2.68 bits per heavy atom. The van der Waals surface area contributed by atoms with Gasteiger partial charge in [-0.25, -0.2) is 0 Å². The molecule has 5 heteroatoms. The van der Waals surface area contributed by atoms with Gasteiger partial charge in [0.2, 0.25) is 0 Å². The van der Waals surface area contributed by atoms with Crippen LogP contribution in [0.15, 0.2) is 18.2 Å². The average Bonchev–Trinajstić information content (AvgIpc) is 2.38. The molecule has 1 aliphatic carbocycles. The van der Waals surface area contributed by atoms with Crippen molar-refractivity contribution in [2.75, 3.05) is 11.9 Å². The second kappa shape index (κ2) is 5.80. The fourth-order valence-electron chi connectivity index (χ4n) is 2.68. The summed E-state index contributed by atoms with van der Waals surface area (Å²) in [6, 6.07) is 5.45. The van der Waals surface area contributed by atoms with Crippen LogP contribution in [-0.4, -0.2) is 30.1 Å². The number of nitrogens with zero attached hydrogens (tertiary/aromatic N) is 1. The highest BCUT2D eigenvalue weighted by Crippen LogP contribution is 2.31. The van der Waals surface area contributed by atoms with Gasteiger partial charge in [0.05, 0.1) is 22.9 Å². The summed E-state index contributed by atoms with van der Waals surface area (Å²) in [7, 11) is 1.95. The number of benzene rings is 1. The first-order valence-corrected chi connectivity index (χ1v) is 6.93. The summed E-state index contributed by atoms with van der Waals surface area (Å²) in [6.07, 6.45) is 3.74. The SMILES string of the molecule is CN(c1ccc(C(=N)N)cc1Cl)C1CCCCC1O. The Morgan fingerprint density at radius 1 is 1.42 bits per heavy atom. The Morgan fingerprint density at radius 2 is 2.11 bits per heavy atom. The van der Waals surface area contributed by atoms with Crippen molar-refractivity contribution in [2.24, 2.45) is 5.73 Å². The standard InChI is InChI=1S/C14H20ClN3O/c1-18(12-4-2-3-5-13(12)19)11-7-6-9(14(16)17)8-10(11)15/h6-8,12-13,19H,2-5H2,1H3,(H3,16,17). The van der Waals surface area contributed by atoms with Crippen molar-refractivity contribution in [2.45, 2.75) is 37.8 Å². The number of amidine groups is 1. The lowest BCUT2D eigenvalue weighted by molar-refractivity contribution is 0.106. The van der Waals surface area contributed by atoms with Crippen LogP contribution in [0.1, 0.15) is 31.2 Å². The topological polar surface area (TPSA) is 73.3 Å². The molecule has 19 heavy (non-hydrogen) atoms. The summed E-state index contributed by atoms with van der Waals surface area (Å²) in [5.41, 5.74) is 6.93. The maximum atomic E-state index is 10.1. The van der Waals surface area contributed by atoms with Crippen LogP contribution in [0.4, 0.5) is 5.69 Å². The van der Waals surface area contributed by atoms with Gasteiger partial charge in [-0.2, -0.15) is 0 Å². The largest absolute Gasteiger partial charge is 0.391 e. The second-order valence-electron chi connectivity index (χ2n) is 5.11. The summed E-state index contributed by atoms with van der Waals surface area (Å²) in [5, 5.41) is 18.1. The van der Waals surface area contributed by atoms with Gasteiger partial charge in [0.1, 0.15) is 5.84 Å². The monoisotopic (exact) mass is 281 g/mol. The summed E-state index contributed by atoms with van der Waals surface area (Å²) < 4.78 is 0. The molecule has 104 valence electrons. The molecular weight excluding hydrogens is 262 g/mol. The molecule has 0 aromatic heterocycles. The predicted octanol–water partition coefficient (Wildman–Crippen LogP) is 2.36. The maximum Gasteiger partial charge on any atom is 0.122 e.